The number of nitrogens with one attached hydrogen (secondary N) is 4. The van der Waals surface area contributed by atoms with Crippen molar-refractivity contribution in [2.45, 2.75) is 18.9 Å². The van der Waals surface area contributed by atoms with Crippen molar-refractivity contribution >= 4 is 35.4 Å². The molecule has 0 aliphatic carbocycles. The number of hydrogen-bond donors (Lipinski definition) is 5. The molecule has 0 heterocycles. The normalized spacial score (nSPS) is 11.3. The molecule has 150 valence electrons. The van der Waals surface area contributed by atoms with Gasteiger partial charge in [0.2, 0.25) is 23.6 Å². The lowest BCUT2D eigenvalue weighted by Gasteiger charge is -2.12. The highest BCUT2D eigenvalue weighted by Gasteiger charge is 2.13. The van der Waals surface area contributed by atoms with Crippen LogP contribution in [0.2, 0.25) is 0 Å². The Morgan fingerprint density at radius 3 is 2.23 bits per heavy atom. The first-order valence-corrected chi connectivity index (χ1v) is 9.42. The topological polar surface area (TPSA) is 152 Å². The van der Waals surface area contributed by atoms with Gasteiger partial charge in [0.25, 0.3) is 0 Å². The smallest absolute Gasteiger partial charge is 0.237 e. The summed E-state index contributed by atoms with van der Waals surface area (Å²) in [6.07, 6.45) is 0.492. The molecule has 1 atom stereocenters. The molecule has 6 N–H and O–H groups in total. The third-order valence-electron chi connectivity index (χ3n) is 3.12. The Morgan fingerprint density at radius 1 is 0.923 bits per heavy atom. The summed E-state index contributed by atoms with van der Waals surface area (Å²) in [6, 6.07) is -0.732. The second-order valence-electron chi connectivity index (χ2n) is 5.22. The van der Waals surface area contributed by atoms with E-state index in [0.29, 0.717) is 12.3 Å². The summed E-state index contributed by atoms with van der Waals surface area (Å²) in [5, 5.41) is 10.2. The zero-order chi connectivity index (χ0) is 19.8. The molecule has 0 bridgehead atoms. The van der Waals surface area contributed by atoms with Crippen molar-refractivity contribution in [3.05, 3.63) is 0 Å². The van der Waals surface area contributed by atoms with Crippen molar-refractivity contribution in [2.24, 2.45) is 5.73 Å². The van der Waals surface area contributed by atoms with Crippen LogP contribution in [0.1, 0.15) is 12.8 Å². The molecule has 0 aromatic heterocycles. The molecule has 0 saturated heterocycles. The van der Waals surface area contributed by atoms with Crippen LogP contribution in [-0.4, -0.2) is 81.6 Å². The van der Waals surface area contributed by atoms with Crippen molar-refractivity contribution in [1.29, 1.82) is 0 Å². The van der Waals surface area contributed by atoms with E-state index < -0.39 is 6.04 Å². The molecule has 26 heavy (non-hydrogen) atoms. The maximum absolute atomic E-state index is 11.8. The lowest BCUT2D eigenvalue weighted by atomic mass is 10.3. The predicted molar refractivity (Wildman–Crippen MR) is 99.5 cm³/mol. The number of carbonyl (C=O) groups is 4. The molecule has 0 rings (SSSR count). The Kier molecular flexibility index (Phi) is 14.3. The summed E-state index contributed by atoms with van der Waals surface area (Å²) < 4.78 is 5.21. The highest BCUT2D eigenvalue weighted by atomic mass is 32.2. The average molecular weight is 391 g/mol. The predicted octanol–water partition coefficient (Wildman–Crippen LogP) is -2.43. The van der Waals surface area contributed by atoms with Crippen LogP contribution in [0.5, 0.6) is 0 Å². The van der Waals surface area contributed by atoms with Gasteiger partial charge >= 0.3 is 0 Å². The van der Waals surface area contributed by atoms with Gasteiger partial charge in [-0.2, -0.15) is 0 Å². The molecule has 0 aromatic carbocycles. The Morgan fingerprint density at radius 2 is 1.58 bits per heavy atom. The monoisotopic (exact) mass is 391 g/mol. The Bertz CT molecular complexity index is 464. The van der Waals surface area contributed by atoms with Crippen LogP contribution in [0, 0.1) is 0 Å². The number of ether oxygens (including phenoxy) is 1. The van der Waals surface area contributed by atoms with E-state index in [1.807, 2.05) is 0 Å². The minimum Gasteiger partial charge on any atom is -0.379 e. The van der Waals surface area contributed by atoms with Crippen molar-refractivity contribution in [3.63, 3.8) is 0 Å². The second kappa shape index (κ2) is 15.4. The van der Waals surface area contributed by atoms with E-state index in [1.165, 1.54) is 18.8 Å². The average Bonchev–Trinajstić information content (AvgIpc) is 2.63. The van der Waals surface area contributed by atoms with Gasteiger partial charge in [-0.1, -0.05) is 0 Å². The number of carbonyl (C=O) groups excluding carboxylic acids is 4. The van der Waals surface area contributed by atoms with Crippen molar-refractivity contribution in [2.75, 3.05) is 51.9 Å². The van der Waals surface area contributed by atoms with E-state index in [-0.39, 0.29) is 62.0 Å². The number of rotatable bonds is 14. The minimum absolute atomic E-state index is 0.106. The third-order valence-corrected chi connectivity index (χ3v) is 4.18. The van der Waals surface area contributed by atoms with Crippen LogP contribution in [-0.2, 0) is 23.9 Å². The van der Waals surface area contributed by atoms with E-state index in [0.717, 1.165) is 0 Å². The molecular formula is C15H29N5O5S. The summed E-state index contributed by atoms with van der Waals surface area (Å²) in [5.41, 5.74) is 5.75. The van der Waals surface area contributed by atoms with Crippen LogP contribution in [0.4, 0.5) is 0 Å². The van der Waals surface area contributed by atoms with E-state index in [1.54, 1.807) is 7.05 Å². The lowest BCUT2D eigenvalue weighted by molar-refractivity contribution is -0.123. The molecule has 0 spiro atoms. The highest BCUT2D eigenvalue weighted by molar-refractivity contribution is 8.00. The van der Waals surface area contributed by atoms with Gasteiger partial charge in [-0.3, -0.25) is 19.2 Å². The first kappa shape index (κ1) is 24.1. The van der Waals surface area contributed by atoms with Gasteiger partial charge < -0.3 is 31.7 Å². The standard InChI is InChI=1S/C15H29N5O5S/c1-17-12(21)3-5-19-14(23)10-26-9-11(16)15(24)20-6-8-25-7-4-13(22)18-2/h11H,3-10,16H2,1-2H3,(H,17,21)(H,18,22)(H,19,23)(H,20,24)/t11-/m0/s1. The molecule has 0 aromatic rings. The van der Waals surface area contributed by atoms with E-state index in [2.05, 4.69) is 21.3 Å². The highest BCUT2D eigenvalue weighted by Crippen LogP contribution is 2.01. The van der Waals surface area contributed by atoms with Gasteiger partial charge in [0.05, 0.1) is 25.0 Å². The van der Waals surface area contributed by atoms with Gasteiger partial charge in [-0.15, -0.1) is 11.8 Å². The minimum atomic E-state index is -0.732. The van der Waals surface area contributed by atoms with Gasteiger partial charge in [-0.25, -0.2) is 0 Å². The SMILES string of the molecule is CNC(=O)CCNC(=O)CSC[C@H](N)C(=O)NCCOCCC(=O)NC. The second-order valence-corrected chi connectivity index (χ2v) is 6.25. The quantitative estimate of drug-likeness (QED) is 0.206. The molecule has 0 unspecified atom stereocenters. The number of hydrogen-bond acceptors (Lipinski definition) is 7. The molecule has 0 aliphatic rings. The summed E-state index contributed by atoms with van der Waals surface area (Å²) in [4.78, 5) is 45.3. The summed E-state index contributed by atoms with van der Waals surface area (Å²) in [5.74, 6) is -0.327. The van der Waals surface area contributed by atoms with Gasteiger partial charge in [0.1, 0.15) is 0 Å². The molecule has 0 aliphatic heterocycles. The molecule has 0 fully saturated rings. The van der Waals surface area contributed by atoms with E-state index in [4.69, 9.17) is 10.5 Å². The number of nitrogens with two attached hydrogens (primary N) is 1. The Balaban J connectivity index is 3.65. The molecule has 10 nitrogen and oxygen atoms in total. The summed E-state index contributed by atoms with van der Waals surface area (Å²) >= 11 is 1.24. The first-order valence-electron chi connectivity index (χ1n) is 8.27. The molecule has 11 heteroatoms. The summed E-state index contributed by atoms with van der Waals surface area (Å²) in [7, 11) is 3.08. The van der Waals surface area contributed by atoms with Crippen LogP contribution in [0.25, 0.3) is 0 Å². The van der Waals surface area contributed by atoms with Crippen LogP contribution in [0.15, 0.2) is 0 Å². The lowest BCUT2D eigenvalue weighted by Crippen LogP contribution is -2.43. The fourth-order valence-electron chi connectivity index (χ4n) is 1.62. The van der Waals surface area contributed by atoms with Crippen LogP contribution < -0.4 is 27.0 Å². The van der Waals surface area contributed by atoms with Gasteiger partial charge in [0.15, 0.2) is 0 Å². The maximum Gasteiger partial charge on any atom is 0.237 e. The number of thioether (sulfide) groups is 1. The van der Waals surface area contributed by atoms with Crippen LogP contribution in [0.3, 0.4) is 0 Å². The maximum atomic E-state index is 11.8. The molecule has 0 saturated carbocycles. The van der Waals surface area contributed by atoms with E-state index >= 15 is 0 Å². The molecule has 0 radical (unpaired) electrons. The van der Waals surface area contributed by atoms with Gasteiger partial charge in [-0.05, 0) is 0 Å². The van der Waals surface area contributed by atoms with E-state index in [9.17, 15) is 19.2 Å². The molecule has 4 amide bonds. The Hall–Kier alpha value is -1.85. The van der Waals surface area contributed by atoms with Crippen molar-refractivity contribution in [1.82, 2.24) is 21.3 Å². The zero-order valence-electron chi connectivity index (χ0n) is 15.3. The van der Waals surface area contributed by atoms with Crippen molar-refractivity contribution in [3.8, 4) is 0 Å². The number of amides is 4. The zero-order valence-corrected chi connectivity index (χ0v) is 16.1. The van der Waals surface area contributed by atoms with Crippen LogP contribution >= 0.6 is 11.8 Å². The largest absolute Gasteiger partial charge is 0.379 e. The Labute approximate surface area is 157 Å². The third kappa shape index (κ3) is 13.4. The van der Waals surface area contributed by atoms with Crippen molar-refractivity contribution < 1.29 is 23.9 Å². The fourth-order valence-corrected chi connectivity index (χ4v) is 2.43. The fraction of sp³-hybridized carbons (Fsp3) is 0.733. The molecular weight excluding hydrogens is 362 g/mol. The summed E-state index contributed by atoms with van der Waals surface area (Å²) in [6.45, 7) is 1.14. The first-order chi connectivity index (χ1) is 12.4. The van der Waals surface area contributed by atoms with Gasteiger partial charge in [0, 0.05) is 45.8 Å².